The summed E-state index contributed by atoms with van der Waals surface area (Å²) in [4.78, 5) is 0. The SMILES string of the molecule is Cc1c(F)c(F)c(F)c(Br)c1Cl. The van der Waals surface area contributed by atoms with E-state index in [1.54, 1.807) is 0 Å². The molecule has 0 unspecified atom stereocenters. The third-order valence-electron chi connectivity index (χ3n) is 1.43. The molecule has 0 heterocycles. The molecule has 5 heteroatoms. The van der Waals surface area contributed by atoms with Crippen molar-refractivity contribution in [3.8, 4) is 0 Å². The molecule has 0 spiro atoms. The third-order valence-corrected chi connectivity index (χ3v) is 2.87. The molecule has 0 amide bonds. The second-order valence-corrected chi connectivity index (χ2v) is 3.37. The van der Waals surface area contributed by atoms with Crippen molar-refractivity contribution in [2.24, 2.45) is 0 Å². The van der Waals surface area contributed by atoms with Gasteiger partial charge in [0.2, 0.25) is 0 Å². The first-order valence-electron chi connectivity index (χ1n) is 2.94. The molecule has 12 heavy (non-hydrogen) atoms. The van der Waals surface area contributed by atoms with Gasteiger partial charge in [-0.25, -0.2) is 13.2 Å². The molecule has 66 valence electrons. The highest BCUT2D eigenvalue weighted by molar-refractivity contribution is 9.10. The van der Waals surface area contributed by atoms with Crippen LogP contribution in [0.15, 0.2) is 4.47 Å². The number of hydrogen-bond acceptors (Lipinski definition) is 0. The Kier molecular flexibility index (Phi) is 2.68. The number of rotatable bonds is 0. The minimum atomic E-state index is -1.51. The number of halogens is 5. The Morgan fingerprint density at radius 2 is 1.58 bits per heavy atom. The summed E-state index contributed by atoms with van der Waals surface area (Å²) in [7, 11) is 0. The van der Waals surface area contributed by atoms with Crippen LogP contribution in [0, 0.1) is 24.4 Å². The van der Waals surface area contributed by atoms with Crippen LogP contribution >= 0.6 is 27.5 Å². The van der Waals surface area contributed by atoms with Crippen LogP contribution in [-0.4, -0.2) is 0 Å². The van der Waals surface area contributed by atoms with Crippen molar-refractivity contribution in [2.45, 2.75) is 6.92 Å². The Balaban J connectivity index is 3.60. The van der Waals surface area contributed by atoms with Gasteiger partial charge in [-0.3, -0.25) is 0 Å². The van der Waals surface area contributed by atoms with Crippen molar-refractivity contribution >= 4 is 27.5 Å². The van der Waals surface area contributed by atoms with E-state index >= 15 is 0 Å². The van der Waals surface area contributed by atoms with Gasteiger partial charge in [0.15, 0.2) is 17.5 Å². The minimum Gasteiger partial charge on any atom is -0.203 e. The van der Waals surface area contributed by atoms with Crippen LogP contribution in [0.5, 0.6) is 0 Å². The van der Waals surface area contributed by atoms with E-state index in [0.29, 0.717) is 0 Å². The zero-order chi connectivity index (χ0) is 9.46. The van der Waals surface area contributed by atoms with E-state index in [9.17, 15) is 13.2 Å². The maximum Gasteiger partial charge on any atom is 0.195 e. The van der Waals surface area contributed by atoms with E-state index < -0.39 is 17.5 Å². The Bertz CT molecular complexity index is 233. The lowest BCUT2D eigenvalue weighted by molar-refractivity contribution is 0.440. The topological polar surface area (TPSA) is 0 Å². The first-order valence-corrected chi connectivity index (χ1v) is 4.12. The van der Waals surface area contributed by atoms with E-state index in [2.05, 4.69) is 15.9 Å². The molecular formula is C7H3BrClF3. The molecule has 0 aliphatic carbocycles. The van der Waals surface area contributed by atoms with E-state index in [1.807, 2.05) is 0 Å². The standard InChI is InChI=1S/C7H3BrClF3/c1-2-4(9)3(8)6(11)7(12)5(2)10/h1H3. The fourth-order valence-corrected chi connectivity index (χ4v) is 1.35. The highest BCUT2D eigenvalue weighted by atomic mass is 79.9. The third kappa shape index (κ3) is 1.33. The molecule has 1 aromatic carbocycles. The molecule has 0 bridgehead atoms. The molecule has 1 rings (SSSR count). The van der Waals surface area contributed by atoms with Crippen LogP contribution in [0.25, 0.3) is 0 Å². The van der Waals surface area contributed by atoms with Crippen LogP contribution in [0.3, 0.4) is 0 Å². The molecule has 1 aromatic rings. The van der Waals surface area contributed by atoms with Crippen LogP contribution in [-0.2, 0) is 0 Å². The van der Waals surface area contributed by atoms with Gasteiger partial charge in [0, 0.05) is 5.56 Å². The summed E-state index contributed by atoms with van der Waals surface area (Å²) < 4.78 is 37.7. The average Bonchev–Trinajstić information content (AvgIpc) is 2.08. The second kappa shape index (κ2) is 3.26. The molecule has 0 nitrogen and oxygen atoms in total. The Morgan fingerprint density at radius 3 is 2.08 bits per heavy atom. The van der Waals surface area contributed by atoms with Gasteiger partial charge in [-0.1, -0.05) is 11.6 Å². The summed E-state index contributed by atoms with van der Waals surface area (Å²) in [6, 6.07) is 0. The van der Waals surface area contributed by atoms with Crippen molar-refractivity contribution in [3.05, 3.63) is 32.5 Å². The highest BCUT2D eigenvalue weighted by Gasteiger charge is 2.19. The molecule has 0 saturated carbocycles. The van der Waals surface area contributed by atoms with E-state index in [0.717, 1.165) is 0 Å². The van der Waals surface area contributed by atoms with Gasteiger partial charge in [0.1, 0.15) is 0 Å². The lowest BCUT2D eigenvalue weighted by Gasteiger charge is -2.04. The van der Waals surface area contributed by atoms with Gasteiger partial charge in [-0.05, 0) is 22.9 Å². The normalized spacial score (nSPS) is 10.5. The number of hydrogen-bond donors (Lipinski definition) is 0. The van der Waals surface area contributed by atoms with Crippen LogP contribution in [0.2, 0.25) is 5.02 Å². The molecule has 0 aliphatic heterocycles. The molecule has 0 radical (unpaired) electrons. The molecule has 0 fully saturated rings. The zero-order valence-corrected chi connectivity index (χ0v) is 8.23. The molecule has 0 aliphatic rings. The Morgan fingerprint density at radius 1 is 1.08 bits per heavy atom. The van der Waals surface area contributed by atoms with Crippen molar-refractivity contribution in [2.75, 3.05) is 0 Å². The number of benzene rings is 1. The van der Waals surface area contributed by atoms with Crippen molar-refractivity contribution in [1.82, 2.24) is 0 Å². The summed E-state index contributed by atoms with van der Waals surface area (Å²) in [6.07, 6.45) is 0. The molecule has 0 atom stereocenters. The largest absolute Gasteiger partial charge is 0.203 e. The smallest absolute Gasteiger partial charge is 0.195 e. The Labute approximate surface area is 80.5 Å². The summed E-state index contributed by atoms with van der Waals surface area (Å²) in [5.74, 6) is -4.06. The summed E-state index contributed by atoms with van der Waals surface area (Å²) >= 11 is 8.17. The maximum atomic E-state index is 12.7. The molecular weight excluding hydrogens is 256 g/mol. The lowest BCUT2D eigenvalue weighted by Crippen LogP contribution is -1.96. The predicted molar refractivity (Wildman–Crippen MR) is 43.8 cm³/mol. The van der Waals surface area contributed by atoms with Crippen molar-refractivity contribution in [3.63, 3.8) is 0 Å². The van der Waals surface area contributed by atoms with E-state index in [1.165, 1.54) is 6.92 Å². The summed E-state index contributed by atoms with van der Waals surface area (Å²) in [5.41, 5.74) is -0.109. The summed E-state index contributed by atoms with van der Waals surface area (Å²) in [6.45, 7) is 1.27. The first-order chi connectivity index (χ1) is 5.46. The zero-order valence-electron chi connectivity index (χ0n) is 5.89. The van der Waals surface area contributed by atoms with Gasteiger partial charge < -0.3 is 0 Å². The van der Waals surface area contributed by atoms with Crippen LogP contribution in [0.1, 0.15) is 5.56 Å². The van der Waals surface area contributed by atoms with Crippen LogP contribution < -0.4 is 0 Å². The molecule has 0 N–H and O–H groups in total. The average molecular weight is 259 g/mol. The van der Waals surface area contributed by atoms with Crippen molar-refractivity contribution < 1.29 is 13.2 Å². The van der Waals surface area contributed by atoms with Gasteiger partial charge in [-0.2, -0.15) is 0 Å². The lowest BCUT2D eigenvalue weighted by atomic mass is 10.2. The highest BCUT2D eigenvalue weighted by Crippen LogP contribution is 2.32. The van der Waals surface area contributed by atoms with Gasteiger partial charge in [-0.15, -0.1) is 0 Å². The van der Waals surface area contributed by atoms with Gasteiger partial charge in [0.25, 0.3) is 0 Å². The second-order valence-electron chi connectivity index (χ2n) is 2.19. The first kappa shape index (κ1) is 9.86. The van der Waals surface area contributed by atoms with Crippen molar-refractivity contribution in [1.29, 1.82) is 0 Å². The van der Waals surface area contributed by atoms with Gasteiger partial charge >= 0.3 is 0 Å². The van der Waals surface area contributed by atoms with Gasteiger partial charge in [0.05, 0.1) is 9.50 Å². The Hall–Kier alpha value is -0.220. The fraction of sp³-hybridized carbons (Fsp3) is 0.143. The summed E-state index contributed by atoms with van der Waals surface area (Å²) in [5, 5.41) is -0.147. The molecule has 0 aromatic heterocycles. The van der Waals surface area contributed by atoms with E-state index in [4.69, 9.17) is 11.6 Å². The quantitative estimate of drug-likeness (QED) is 0.491. The minimum absolute atomic E-state index is 0.109. The van der Waals surface area contributed by atoms with Crippen LogP contribution in [0.4, 0.5) is 13.2 Å². The fourth-order valence-electron chi connectivity index (χ4n) is 0.715. The van der Waals surface area contributed by atoms with E-state index in [-0.39, 0.29) is 15.1 Å². The maximum absolute atomic E-state index is 12.7. The molecule has 0 saturated heterocycles. The monoisotopic (exact) mass is 258 g/mol. The predicted octanol–water partition coefficient (Wildman–Crippen LogP) is 3.83.